The van der Waals surface area contributed by atoms with Gasteiger partial charge in [0.1, 0.15) is 0 Å². The molecule has 0 aliphatic carbocycles. The fraction of sp³-hybridized carbons (Fsp3) is 0.571. The molecule has 0 amide bonds. The lowest BCUT2D eigenvalue weighted by Gasteiger charge is -2.18. The van der Waals surface area contributed by atoms with E-state index in [2.05, 4.69) is 12.2 Å². The van der Waals surface area contributed by atoms with Crippen molar-refractivity contribution in [2.24, 2.45) is 5.92 Å². The lowest BCUT2D eigenvalue weighted by atomic mass is 10.00. The van der Waals surface area contributed by atoms with Crippen molar-refractivity contribution in [1.29, 1.82) is 0 Å². The van der Waals surface area contributed by atoms with E-state index >= 15 is 0 Å². The van der Waals surface area contributed by atoms with Crippen molar-refractivity contribution in [1.82, 2.24) is 0 Å². The molecule has 1 aromatic carbocycles. The highest BCUT2D eigenvalue weighted by Gasteiger charge is 2.14. The Hall–Kier alpha value is -1.36. The summed E-state index contributed by atoms with van der Waals surface area (Å²) >= 11 is 0. The first-order chi connectivity index (χ1) is 9.08. The second-order valence-corrected chi connectivity index (χ2v) is 4.70. The number of anilines is 2. The van der Waals surface area contributed by atoms with Crippen molar-refractivity contribution < 1.29 is 13.9 Å². The molecular weight excluding hydrogens is 250 g/mol. The van der Waals surface area contributed by atoms with E-state index in [1.807, 2.05) is 0 Å². The van der Waals surface area contributed by atoms with Crippen LogP contribution in [-0.2, 0) is 0 Å². The molecule has 0 bridgehead atoms. The van der Waals surface area contributed by atoms with E-state index in [0.717, 1.165) is 12.8 Å². The third kappa shape index (κ3) is 5.03. The molecule has 1 rings (SSSR count). The van der Waals surface area contributed by atoms with Crippen molar-refractivity contribution >= 4 is 11.4 Å². The molecule has 4 N–H and O–H groups in total. The number of hydrogen-bond acceptors (Lipinski definition) is 3. The van der Waals surface area contributed by atoms with Crippen LogP contribution in [0.4, 0.5) is 20.2 Å². The van der Waals surface area contributed by atoms with E-state index in [4.69, 9.17) is 10.8 Å². The second kappa shape index (κ2) is 7.94. The summed E-state index contributed by atoms with van der Waals surface area (Å²) in [5, 5.41) is 12.0. The number of nitrogen functional groups attached to an aromatic ring is 1. The Morgan fingerprint density at radius 2 is 2.05 bits per heavy atom. The molecule has 0 aliphatic heterocycles. The van der Waals surface area contributed by atoms with Gasteiger partial charge in [-0.2, -0.15) is 0 Å². The molecule has 3 nitrogen and oxygen atoms in total. The first-order valence-corrected chi connectivity index (χ1v) is 6.60. The maximum atomic E-state index is 12.9. The molecule has 1 atom stereocenters. The van der Waals surface area contributed by atoms with Gasteiger partial charge in [0.2, 0.25) is 0 Å². The molecule has 5 heteroatoms. The first-order valence-electron chi connectivity index (χ1n) is 6.60. The number of benzene rings is 1. The Bertz CT molecular complexity index is 380. The topological polar surface area (TPSA) is 58.3 Å². The molecule has 0 radical (unpaired) electrons. The molecule has 0 fully saturated rings. The molecule has 0 aliphatic rings. The smallest absolute Gasteiger partial charge is 0.265 e. The number of halogens is 2. The average Bonchev–Trinajstić information content (AvgIpc) is 2.37. The zero-order valence-corrected chi connectivity index (χ0v) is 11.2. The van der Waals surface area contributed by atoms with Crippen LogP contribution in [0.15, 0.2) is 18.2 Å². The Labute approximate surface area is 112 Å². The Balaban J connectivity index is 2.70. The summed E-state index contributed by atoms with van der Waals surface area (Å²) in [7, 11) is 0. The van der Waals surface area contributed by atoms with Gasteiger partial charge in [-0.3, -0.25) is 0 Å². The number of aliphatic hydroxyl groups excluding tert-OH is 1. The van der Waals surface area contributed by atoms with Gasteiger partial charge in [0.15, 0.2) is 0 Å². The minimum absolute atomic E-state index is 0.0701. The van der Waals surface area contributed by atoms with Crippen molar-refractivity contribution in [2.75, 3.05) is 24.2 Å². The standard InChI is InChI=1S/C14H22F2N2O/c1-2-3-10(6-7-19)9-18-13-5-4-11(17)8-12(13)14(15)16/h4-5,8,10,14,18-19H,2-3,6-7,9,17H2,1H3. The number of rotatable bonds is 8. The predicted molar refractivity (Wildman–Crippen MR) is 74.4 cm³/mol. The van der Waals surface area contributed by atoms with Gasteiger partial charge in [-0.05, 0) is 37.0 Å². The van der Waals surface area contributed by atoms with Gasteiger partial charge in [0.05, 0.1) is 0 Å². The number of aliphatic hydroxyl groups is 1. The normalized spacial score (nSPS) is 12.7. The zero-order valence-electron chi connectivity index (χ0n) is 11.2. The minimum atomic E-state index is -2.55. The molecular formula is C14H22F2N2O. The maximum Gasteiger partial charge on any atom is 0.265 e. The van der Waals surface area contributed by atoms with Crippen molar-refractivity contribution in [3.63, 3.8) is 0 Å². The summed E-state index contributed by atoms with van der Waals surface area (Å²) in [6.45, 7) is 2.77. The molecule has 108 valence electrons. The highest BCUT2D eigenvalue weighted by molar-refractivity contribution is 5.58. The summed E-state index contributed by atoms with van der Waals surface area (Å²) in [5.41, 5.74) is 6.21. The van der Waals surface area contributed by atoms with Crippen LogP contribution >= 0.6 is 0 Å². The fourth-order valence-corrected chi connectivity index (χ4v) is 2.12. The molecule has 1 unspecified atom stereocenters. The van der Waals surface area contributed by atoms with Gasteiger partial charge in [-0.1, -0.05) is 13.3 Å². The lowest BCUT2D eigenvalue weighted by Crippen LogP contribution is -2.16. The Kier molecular flexibility index (Phi) is 6.56. The van der Waals surface area contributed by atoms with Crippen LogP contribution in [0.3, 0.4) is 0 Å². The van der Waals surface area contributed by atoms with Gasteiger partial charge >= 0.3 is 0 Å². The molecule has 0 saturated carbocycles. The zero-order chi connectivity index (χ0) is 14.3. The van der Waals surface area contributed by atoms with E-state index in [-0.39, 0.29) is 18.1 Å². The summed E-state index contributed by atoms with van der Waals surface area (Å²) in [4.78, 5) is 0. The molecule has 0 heterocycles. The second-order valence-electron chi connectivity index (χ2n) is 4.70. The van der Waals surface area contributed by atoms with E-state index in [0.29, 0.717) is 24.3 Å². The van der Waals surface area contributed by atoms with Crippen LogP contribution in [-0.4, -0.2) is 18.3 Å². The van der Waals surface area contributed by atoms with Crippen molar-refractivity contribution in [2.45, 2.75) is 32.6 Å². The quantitative estimate of drug-likeness (QED) is 0.635. The number of nitrogens with two attached hydrogens (primary N) is 1. The van der Waals surface area contributed by atoms with Gasteiger partial charge < -0.3 is 16.2 Å². The lowest BCUT2D eigenvalue weighted by molar-refractivity contribution is 0.152. The minimum Gasteiger partial charge on any atom is -0.399 e. The number of alkyl halides is 2. The first kappa shape index (κ1) is 15.7. The van der Waals surface area contributed by atoms with E-state index in [9.17, 15) is 8.78 Å². The maximum absolute atomic E-state index is 12.9. The van der Waals surface area contributed by atoms with E-state index in [1.54, 1.807) is 12.1 Å². The van der Waals surface area contributed by atoms with Crippen LogP contribution in [0.2, 0.25) is 0 Å². The third-order valence-electron chi connectivity index (χ3n) is 3.13. The summed E-state index contributed by atoms with van der Waals surface area (Å²) in [6.07, 6.45) is 0.107. The largest absolute Gasteiger partial charge is 0.399 e. The van der Waals surface area contributed by atoms with Crippen LogP contribution in [0.5, 0.6) is 0 Å². The molecule has 1 aromatic rings. The highest BCUT2D eigenvalue weighted by atomic mass is 19.3. The summed E-state index contributed by atoms with van der Waals surface area (Å²) < 4.78 is 25.8. The van der Waals surface area contributed by atoms with Crippen LogP contribution < -0.4 is 11.1 Å². The number of nitrogens with one attached hydrogen (secondary N) is 1. The van der Waals surface area contributed by atoms with Crippen LogP contribution in [0, 0.1) is 5.92 Å². The monoisotopic (exact) mass is 272 g/mol. The Morgan fingerprint density at radius 3 is 2.63 bits per heavy atom. The van der Waals surface area contributed by atoms with E-state index < -0.39 is 6.43 Å². The van der Waals surface area contributed by atoms with Gasteiger partial charge in [0.25, 0.3) is 6.43 Å². The SMILES string of the molecule is CCCC(CCO)CNc1ccc(N)cc1C(F)F. The van der Waals surface area contributed by atoms with Crippen LogP contribution in [0.25, 0.3) is 0 Å². The van der Waals surface area contributed by atoms with Crippen molar-refractivity contribution in [3.8, 4) is 0 Å². The van der Waals surface area contributed by atoms with E-state index in [1.165, 1.54) is 6.07 Å². The number of hydrogen-bond donors (Lipinski definition) is 3. The molecule has 19 heavy (non-hydrogen) atoms. The molecule has 0 saturated heterocycles. The van der Waals surface area contributed by atoms with Crippen LogP contribution in [0.1, 0.15) is 38.2 Å². The Morgan fingerprint density at radius 1 is 1.32 bits per heavy atom. The van der Waals surface area contributed by atoms with Crippen molar-refractivity contribution in [3.05, 3.63) is 23.8 Å². The summed E-state index contributed by atoms with van der Waals surface area (Å²) in [6, 6.07) is 4.49. The van der Waals surface area contributed by atoms with Gasteiger partial charge in [-0.15, -0.1) is 0 Å². The summed E-state index contributed by atoms with van der Waals surface area (Å²) in [5.74, 6) is 0.290. The average molecular weight is 272 g/mol. The highest BCUT2D eigenvalue weighted by Crippen LogP contribution is 2.29. The third-order valence-corrected chi connectivity index (χ3v) is 3.13. The fourth-order valence-electron chi connectivity index (χ4n) is 2.12. The molecule has 0 aromatic heterocycles. The molecule has 0 spiro atoms. The van der Waals surface area contributed by atoms with Gasteiger partial charge in [0, 0.05) is 30.1 Å². The predicted octanol–water partition coefficient (Wildman–Crippen LogP) is 3.42. The van der Waals surface area contributed by atoms with Gasteiger partial charge in [-0.25, -0.2) is 8.78 Å².